The van der Waals surface area contributed by atoms with E-state index in [4.69, 9.17) is 14.6 Å². The zero-order valence-corrected chi connectivity index (χ0v) is 11.4. The van der Waals surface area contributed by atoms with Crippen molar-refractivity contribution in [2.45, 2.75) is 13.5 Å². The fourth-order valence-corrected chi connectivity index (χ4v) is 2.22. The maximum Gasteiger partial charge on any atom is 0.339 e. The molecule has 0 aliphatic carbocycles. The average Bonchev–Trinajstić information content (AvgIpc) is 2.81. The normalized spacial score (nSPS) is 10.2. The smallest absolute Gasteiger partial charge is 0.339 e. The molecule has 1 heterocycles. The number of benzene rings is 1. The van der Waals surface area contributed by atoms with Crippen LogP contribution in [0.2, 0.25) is 0 Å². The van der Waals surface area contributed by atoms with Gasteiger partial charge in [-0.2, -0.15) is 0 Å². The first-order chi connectivity index (χ1) is 9.10. The van der Waals surface area contributed by atoms with E-state index in [1.807, 2.05) is 12.3 Å². The predicted octanol–water partition coefficient (Wildman–Crippen LogP) is 2.74. The molecular formula is C13H13NO4S. The van der Waals surface area contributed by atoms with Crippen molar-refractivity contribution in [2.75, 3.05) is 7.11 Å². The molecule has 0 unspecified atom stereocenters. The van der Waals surface area contributed by atoms with Crippen LogP contribution in [0.4, 0.5) is 0 Å². The van der Waals surface area contributed by atoms with Gasteiger partial charge in [0.2, 0.25) is 0 Å². The molecule has 0 aliphatic rings. The third kappa shape index (κ3) is 3.23. The second kappa shape index (κ2) is 5.71. The Balaban J connectivity index is 2.19. The molecular weight excluding hydrogens is 266 g/mol. The van der Waals surface area contributed by atoms with Crippen LogP contribution in [0.25, 0.3) is 0 Å². The van der Waals surface area contributed by atoms with Gasteiger partial charge in [0.1, 0.15) is 28.7 Å². The lowest BCUT2D eigenvalue weighted by atomic mass is 10.2. The van der Waals surface area contributed by atoms with Crippen molar-refractivity contribution >= 4 is 17.3 Å². The van der Waals surface area contributed by atoms with E-state index in [2.05, 4.69) is 4.98 Å². The first kappa shape index (κ1) is 13.4. The van der Waals surface area contributed by atoms with Gasteiger partial charge in [0, 0.05) is 17.1 Å². The summed E-state index contributed by atoms with van der Waals surface area (Å²) >= 11 is 1.48. The third-order valence-electron chi connectivity index (χ3n) is 2.44. The highest BCUT2D eigenvalue weighted by Crippen LogP contribution is 2.26. The molecule has 0 radical (unpaired) electrons. The summed E-state index contributed by atoms with van der Waals surface area (Å²) in [6.07, 6.45) is 0. The summed E-state index contributed by atoms with van der Waals surface area (Å²) in [6.45, 7) is 2.14. The summed E-state index contributed by atoms with van der Waals surface area (Å²) in [4.78, 5) is 15.4. The molecule has 2 rings (SSSR count). The van der Waals surface area contributed by atoms with Crippen LogP contribution in [0.15, 0.2) is 23.6 Å². The molecule has 19 heavy (non-hydrogen) atoms. The zero-order chi connectivity index (χ0) is 13.8. The van der Waals surface area contributed by atoms with Gasteiger partial charge in [0.25, 0.3) is 0 Å². The average molecular weight is 279 g/mol. The van der Waals surface area contributed by atoms with Crippen LogP contribution in [-0.4, -0.2) is 23.2 Å². The van der Waals surface area contributed by atoms with Crippen molar-refractivity contribution in [3.05, 3.63) is 39.8 Å². The van der Waals surface area contributed by atoms with Crippen molar-refractivity contribution in [1.29, 1.82) is 0 Å². The molecule has 0 spiro atoms. The van der Waals surface area contributed by atoms with Crippen LogP contribution in [0.3, 0.4) is 0 Å². The lowest BCUT2D eigenvalue weighted by Gasteiger charge is -2.09. The number of thiazole rings is 1. The van der Waals surface area contributed by atoms with Crippen LogP contribution >= 0.6 is 11.3 Å². The predicted molar refractivity (Wildman–Crippen MR) is 71.1 cm³/mol. The van der Waals surface area contributed by atoms with Gasteiger partial charge in [-0.25, -0.2) is 9.78 Å². The number of carboxylic acid groups (broad SMARTS) is 1. The maximum absolute atomic E-state index is 11.1. The highest BCUT2D eigenvalue weighted by molar-refractivity contribution is 7.09. The van der Waals surface area contributed by atoms with E-state index in [1.54, 1.807) is 12.1 Å². The van der Waals surface area contributed by atoms with E-state index >= 15 is 0 Å². The molecule has 100 valence electrons. The van der Waals surface area contributed by atoms with Crippen molar-refractivity contribution in [3.8, 4) is 11.5 Å². The second-order valence-electron chi connectivity index (χ2n) is 3.84. The highest BCUT2D eigenvalue weighted by Gasteiger charge is 2.13. The van der Waals surface area contributed by atoms with Crippen molar-refractivity contribution < 1.29 is 19.4 Å². The number of nitrogens with zero attached hydrogens (tertiary/aromatic N) is 1. The lowest BCUT2D eigenvalue weighted by Crippen LogP contribution is -2.03. The van der Waals surface area contributed by atoms with E-state index in [-0.39, 0.29) is 17.9 Å². The van der Waals surface area contributed by atoms with E-state index in [9.17, 15) is 4.79 Å². The first-order valence-corrected chi connectivity index (χ1v) is 6.43. The van der Waals surface area contributed by atoms with Gasteiger partial charge in [0.05, 0.1) is 7.11 Å². The molecule has 0 saturated carbocycles. The van der Waals surface area contributed by atoms with Crippen LogP contribution < -0.4 is 9.47 Å². The minimum absolute atomic E-state index is 0.106. The minimum atomic E-state index is -1.03. The van der Waals surface area contributed by atoms with Crippen molar-refractivity contribution in [3.63, 3.8) is 0 Å². The third-order valence-corrected chi connectivity index (χ3v) is 3.38. The fraction of sp³-hybridized carbons (Fsp3) is 0.231. The van der Waals surface area contributed by atoms with Gasteiger partial charge in [-0.05, 0) is 19.1 Å². The number of hydrogen-bond acceptors (Lipinski definition) is 5. The van der Waals surface area contributed by atoms with E-state index in [1.165, 1.54) is 24.5 Å². The topological polar surface area (TPSA) is 68.7 Å². The van der Waals surface area contributed by atoms with Gasteiger partial charge in [0.15, 0.2) is 0 Å². The summed E-state index contributed by atoms with van der Waals surface area (Å²) in [7, 11) is 1.52. The standard InChI is InChI=1S/C13H13NO4S/c1-8-7-19-12(14-8)6-18-11-5-9(17-2)3-4-10(11)13(15)16/h3-5,7H,6H2,1-2H3,(H,15,16). The molecule has 1 aromatic heterocycles. The summed E-state index contributed by atoms with van der Waals surface area (Å²) in [5.41, 5.74) is 1.03. The molecule has 6 heteroatoms. The van der Waals surface area contributed by atoms with E-state index < -0.39 is 5.97 Å². The number of aromatic nitrogens is 1. The van der Waals surface area contributed by atoms with Crippen LogP contribution in [0.5, 0.6) is 11.5 Å². The number of rotatable bonds is 5. The highest BCUT2D eigenvalue weighted by atomic mass is 32.1. The van der Waals surface area contributed by atoms with Gasteiger partial charge < -0.3 is 14.6 Å². The number of methoxy groups -OCH3 is 1. The Bertz CT molecular complexity index is 594. The summed E-state index contributed by atoms with van der Waals surface area (Å²) < 4.78 is 10.6. The summed E-state index contributed by atoms with van der Waals surface area (Å²) in [5, 5.41) is 11.8. The quantitative estimate of drug-likeness (QED) is 0.911. The largest absolute Gasteiger partial charge is 0.497 e. The summed E-state index contributed by atoms with van der Waals surface area (Å²) in [5.74, 6) is -0.206. The molecule has 0 amide bonds. The van der Waals surface area contributed by atoms with Gasteiger partial charge >= 0.3 is 5.97 Å². The molecule has 2 aromatic rings. The van der Waals surface area contributed by atoms with E-state index in [0.717, 1.165) is 10.7 Å². The van der Waals surface area contributed by atoms with Crippen molar-refractivity contribution in [1.82, 2.24) is 4.98 Å². The number of carboxylic acids is 1. The van der Waals surface area contributed by atoms with Gasteiger partial charge in [-0.3, -0.25) is 0 Å². The Kier molecular flexibility index (Phi) is 4.01. The lowest BCUT2D eigenvalue weighted by molar-refractivity contribution is 0.0691. The monoisotopic (exact) mass is 279 g/mol. The first-order valence-electron chi connectivity index (χ1n) is 5.55. The number of aromatic carboxylic acids is 1. The fourth-order valence-electron chi connectivity index (χ4n) is 1.53. The number of aryl methyl sites for hydroxylation is 1. The SMILES string of the molecule is COc1ccc(C(=O)O)c(OCc2nc(C)cs2)c1. The van der Waals surface area contributed by atoms with Gasteiger partial charge in [-0.1, -0.05) is 0 Å². The molecule has 0 saturated heterocycles. The Morgan fingerprint density at radius 3 is 2.84 bits per heavy atom. The van der Waals surface area contributed by atoms with Crippen LogP contribution in [0.1, 0.15) is 21.1 Å². The Labute approximate surface area is 114 Å². The molecule has 1 N–H and O–H groups in total. The van der Waals surface area contributed by atoms with E-state index in [0.29, 0.717) is 5.75 Å². The Morgan fingerprint density at radius 2 is 2.26 bits per heavy atom. The molecule has 0 aliphatic heterocycles. The Morgan fingerprint density at radius 1 is 1.47 bits per heavy atom. The number of ether oxygens (including phenoxy) is 2. The molecule has 0 bridgehead atoms. The zero-order valence-electron chi connectivity index (χ0n) is 10.5. The molecule has 0 atom stereocenters. The number of carbonyl (C=O) groups is 1. The second-order valence-corrected chi connectivity index (χ2v) is 4.78. The van der Waals surface area contributed by atoms with Crippen molar-refractivity contribution in [2.24, 2.45) is 0 Å². The maximum atomic E-state index is 11.1. The van der Waals surface area contributed by atoms with Crippen LogP contribution in [0, 0.1) is 6.92 Å². The van der Waals surface area contributed by atoms with Crippen LogP contribution in [-0.2, 0) is 6.61 Å². The molecule has 1 aromatic carbocycles. The number of hydrogen-bond donors (Lipinski definition) is 1. The minimum Gasteiger partial charge on any atom is -0.497 e. The van der Waals surface area contributed by atoms with Gasteiger partial charge in [-0.15, -0.1) is 11.3 Å². The molecule has 0 fully saturated rings. The Hall–Kier alpha value is -2.08. The molecule has 5 nitrogen and oxygen atoms in total. The summed E-state index contributed by atoms with van der Waals surface area (Å²) in [6, 6.07) is 4.61.